The molecule has 0 aliphatic carbocycles. The highest BCUT2D eigenvalue weighted by Crippen LogP contribution is 2.25. The summed E-state index contributed by atoms with van der Waals surface area (Å²) in [6, 6.07) is 1.95. The molecule has 2 aromatic heterocycles. The van der Waals surface area contributed by atoms with Gasteiger partial charge in [-0.15, -0.1) is 11.6 Å². The van der Waals surface area contributed by atoms with Crippen molar-refractivity contribution in [3.8, 4) is 11.5 Å². The van der Waals surface area contributed by atoms with E-state index in [9.17, 15) is 0 Å². The van der Waals surface area contributed by atoms with Gasteiger partial charge in [-0.2, -0.15) is 4.98 Å². The molecule has 0 spiro atoms. The zero-order valence-electron chi connectivity index (χ0n) is 9.85. The minimum atomic E-state index is -0.185. The summed E-state index contributed by atoms with van der Waals surface area (Å²) in [5.41, 5.74) is 1.88. The van der Waals surface area contributed by atoms with Crippen molar-refractivity contribution in [3.63, 3.8) is 0 Å². The fourth-order valence-corrected chi connectivity index (χ4v) is 1.84. The van der Waals surface area contributed by atoms with Gasteiger partial charge in [0.1, 0.15) is 0 Å². The first-order chi connectivity index (χ1) is 8.20. The molecule has 1 unspecified atom stereocenters. The van der Waals surface area contributed by atoms with E-state index in [2.05, 4.69) is 22.0 Å². The molecule has 90 valence electrons. The molecular weight excluding hydrogens is 238 g/mol. The Morgan fingerprint density at radius 2 is 2.24 bits per heavy atom. The summed E-state index contributed by atoms with van der Waals surface area (Å²) in [6.45, 7) is 4.04. The SMILES string of the molecule is CCCC(Cl)c1noc(-c2cncc(C)c2)n1. The third-order valence-electron chi connectivity index (χ3n) is 2.39. The van der Waals surface area contributed by atoms with E-state index in [1.807, 2.05) is 13.0 Å². The monoisotopic (exact) mass is 251 g/mol. The Labute approximate surface area is 105 Å². The predicted octanol–water partition coefficient (Wildman–Crippen LogP) is 3.52. The number of aryl methyl sites for hydroxylation is 1. The second-order valence-electron chi connectivity index (χ2n) is 3.96. The first kappa shape index (κ1) is 12.0. The predicted molar refractivity (Wildman–Crippen MR) is 65.8 cm³/mol. The summed E-state index contributed by atoms with van der Waals surface area (Å²) in [6.07, 6.45) is 5.31. The number of nitrogens with zero attached hydrogens (tertiary/aromatic N) is 3. The molecule has 0 saturated carbocycles. The Balaban J connectivity index is 2.23. The van der Waals surface area contributed by atoms with Crippen LogP contribution in [0.2, 0.25) is 0 Å². The van der Waals surface area contributed by atoms with E-state index in [-0.39, 0.29) is 5.38 Å². The molecule has 1 atom stereocenters. The van der Waals surface area contributed by atoms with E-state index in [0.717, 1.165) is 24.0 Å². The average Bonchev–Trinajstić information content (AvgIpc) is 2.78. The zero-order valence-corrected chi connectivity index (χ0v) is 10.6. The Morgan fingerprint density at radius 1 is 1.41 bits per heavy atom. The Kier molecular flexibility index (Phi) is 3.74. The van der Waals surface area contributed by atoms with Crippen LogP contribution in [0.1, 0.15) is 36.5 Å². The molecule has 17 heavy (non-hydrogen) atoms. The molecule has 2 heterocycles. The van der Waals surface area contributed by atoms with Gasteiger partial charge in [0.2, 0.25) is 0 Å². The highest BCUT2D eigenvalue weighted by Gasteiger charge is 2.15. The number of aromatic nitrogens is 3. The summed E-state index contributed by atoms with van der Waals surface area (Å²) in [5.74, 6) is 1.02. The van der Waals surface area contributed by atoms with E-state index < -0.39 is 0 Å². The van der Waals surface area contributed by atoms with Gasteiger partial charge in [-0.25, -0.2) is 0 Å². The van der Waals surface area contributed by atoms with E-state index >= 15 is 0 Å². The molecule has 0 aromatic carbocycles. The Morgan fingerprint density at radius 3 is 2.94 bits per heavy atom. The van der Waals surface area contributed by atoms with Crippen molar-refractivity contribution >= 4 is 11.6 Å². The molecule has 4 nitrogen and oxygen atoms in total. The highest BCUT2D eigenvalue weighted by atomic mass is 35.5. The van der Waals surface area contributed by atoms with Crippen LogP contribution in [0.15, 0.2) is 23.0 Å². The van der Waals surface area contributed by atoms with Crippen LogP contribution >= 0.6 is 11.6 Å². The lowest BCUT2D eigenvalue weighted by atomic mass is 10.2. The van der Waals surface area contributed by atoms with Gasteiger partial charge >= 0.3 is 0 Å². The van der Waals surface area contributed by atoms with Crippen molar-refractivity contribution < 1.29 is 4.52 Å². The van der Waals surface area contributed by atoms with Crippen molar-refractivity contribution in [2.24, 2.45) is 0 Å². The highest BCUT2D eigenvalue weighted by molar-refractivity contribution is 6.20. The Bertz CT molecular complexity index is 498. The molecule has 2 aromatic rings. The number of halogens is 1. The molecule has 0 N–H and O–H groups in total. The van der Waals surface area contributed by atoms with Gasteiger partial charge in [-0.1, -0.05) is 18.5 Å². The van der Waals surface area contributed by atoms with Crippen molar-refractivity contribution in [1.82, 2.24) is 15.1 Å². The van der Waals surface area contributed by atoms with Gasteiger partial charge in [-0.3, -0.25) is 4.98 Å². The topological polar surface area (TPSA) is 51.8 Å². The number of pyridine rings is 1. The van der Waals surface area contributed by atoms with E-state index in [1.54, 1.807) is 12.4 Å². The van der Waals surface area contributed by atoms with Gasteiger partial charge in [0.15, 0.2) is 5.82 Å². The molecule has 0 amide bonds. The number of alkyl halides is 1. The summed E-state index contributed by atoms with van der Waals surface area (Å²) >= 11 is 6.14. The van der Waals surface area contributed by atoms with Crippen molar-refractivity contribution in [1.29, 1.82) is 0 Å². The smallest absolute Gasteiger partial charge is 0.259 e. The van der Waals surface area contributed by atoms with Gasteiger partial charge in [0.25, 0.3) is 5.89 Å². The maximum absolute atomic E-state index is 6.14. The van der Waals surface area contributed by atoms with E-state index in [4.69, 9.17) is 16.1 Å². The molecule has 5 heteroatoms. The quantitative estimate of drug-likeness (QED) is 0.780. The lowest BCUT2D eigenvalue weighted by molar-refractivity contribution is 0.420. The zero-order chi connectivity index (χ0) is 12.3. The molecule has 2 rings (SSSR count). The minimum absolute atomic E-state index is 0.185. The average molecular weight is 252 g/mol. The van der Waals surface area contributed by atoms with Crippen molar-refractivity contribution in [2.45, 2.75) is 32.1 Å². The van der Waals surface area contributed by atoms with Crippen LogP contribution < -0.4 is 0 Å². The Hall–Kier alpha value is -1.42. The van der Waals surface area contributed by atoms with Crippen molar-refractivity contribution in [3.05, 3.63) is 29.8 Å². The number of hydrogen-bond acceptors (Lipinski definition) is 4. The third-order valence-corrected chi connectivity index (χ3v) is 2.80. The van der Waals surface area contributed by atoms with Crippen LogP contribution in [0.25, 0.3) is 11.5 Å². The van der Waals surface area contributed by atoms with Gasteiger partial charge < -0.3 is 4.52 Å². The summed E-state index contributed by atoms with van der Waals surface area (Å²) in [7, 11) is 0. The molecule has 0 saturated heterocycles. The molecular formula is C12H14ClN3O. The molecule has 0 aliphatic rings. The summed E-state index contributed by atoms with van der Waals surface area (Å²) < 4.78 is 5.19. The maximum Gasteiger partial charge on any atom is 0.259 e. The lowest BCUT2D eigenvalue weighted by Crippen LogP contribution is -1.92. The normalized spacial score (nSPS) is 12.6. The largest absolute Gasteiger partial charge is 0.334 e. The van der Waals surface area contributed by atoms with E-state index in [1.165, 1.54) is 0 Å². The minimum Gasteiger partial charge on any atom is -0.334 e. The molecule has 0 aliphatic heterocycles. The van der Waals surface area contributed by atoms with Gasteiger partial charge in [0, 0.05) is 12.4 Å². The summed E-state index contributed by atoms with van der Waals surface area (Å²) in [4.78, 5) is 8.38. The first-order valence-corrected chi connectivity index (χ1v) is 6.04. The van der Waals surface area contributed by atoms with Crippen LogP contribution in [0.5, 0.6) is 0 Å². The van der Waals surface area contributed by atoms with Crippen LogP contribution in [-0.4, -0.2) is 15.1 Å². The fraction of sp³-hybridized carbons (Fsp3) is 0.417. The lowest BCUT2D eigenvalue weighted by Gasteiger charge is -1.99. The molecule has 0 radical (unpaired) electrons. The maximum atomic E-state index is 6.14. The first-order valence-electron chi connectivity index (χ1n) is 5.60. The summed E-state index contributed by atoms with van der Waals surface area (Å²) in [5, 5.41) is 3.71. The van der Waals surface area contributed by atoms with Crippen molar-refractivity contribution in [2.75, 3.05) is 0 Å². The molecule has 0 bridgehead atoms. The van der Waals surface area contributed by atoms with Crippen LogP contribution in [0, 0.1) is 6.92 Å². The number of hydrogen-bond donors (Lipinski definition) is 0. The standard InChI is InChI=1S/C12H14ClN3O/c1-3-4-10(13)11-15-12(17-16-11)9-5-8(2)6-14-7-9/h5-7,10H,3-4H2,1-2H3. The third kappa shape index (κ3) is 2.82. The number of rotatable bonds is 4. The van der Waals surface area contributed by atoms with Crippen LogP contribution in [0.3, 0.4) is 0 Å². The second-order valence-corrected chi connectivity index (χ2v) is 4.49. The second kappa shape index (κ2) is 5.27. The van der Waals surface area contributed by atoms with Crippen LogP contribution in [-0.2, 0) is 0 Å². The molecule has 0 fully saturated rings. The fourth-order valence-electron chi connectivity index (χ4n) is 1.53. The van der Waals surface area contributed by atoms with Gasteiger partial charge in [-0.05, 0) is 25.0 Å². The van der Waals surface area contributed by atoms with Crippen LogP contribution in [0.4, 0.5) is 0 Å². The van der Waals surface area contributed by atoms with Gasteiger partial charge in [0.05, 0.1) is 10.9 Å². The van der Waals surface area contributed by atoms with E-state index in [0.29, 0.717) is 11.7 Å².